The van der Waals surface area contributed by atoms with Gasteiger partial charge in [0.1, 0.15) is 5.82 Å². The predicted molar refractivity (Wildman–Crippen MR) is 82.3 cm³/mol. The van der Waals surface area contributed by atoms with E-state index >= 15 is 0 Å². The molecule has 0 saturated carbocycles. The van der Waals surface area contributed by atoms with Crippen molar-refractivity contribution in [1.29, 1.82) is 0 Å². The highest BCUT2D eigenvalue weighted by molar-refractivity contribution is 9.10. The number of halogens is 3. The highest BCUT2D eigenvalue weighted by Gasteiger charge is 2.08. The van der Waals surface area contributed by atoms with E-state index in [4.69, 9.17) is 11.6 Å². The number of aryl methyl sites for hydroxylation is 1. The molecule has 19 heavy (non-hydrogen) atoms. The molecule has 0 radical (unpaired) electrons. The zero-order valence-corrected chi connectivity index (χ0v) is 13.0. The van der Waals surface area contributed by atoms with E-state index < -0.39 is 5.82 Å². The smallest absolute Gasteiger partial charge is 0.141 e. The first kappa shape index (κ1) is 14.4. The Morgan fingerprint density at radius 1 is 1.21 bits per heavy atom. The highest BCUT2D eigenvalue weighted by Crippen LogP contribution is 2.26. The molecule has 0 bridgehead atoms. The first-order valence-electron chi connectivity index (χ1n) is 5.95. The van der Waals surface area contributed by atoms with E-state index in [1.807, 2.05) is 26.0 Å². The number of benzene rings is 2. The van der Waals surface area contributed by atoms with E-state index in [2.05, 4.69) is 27.3 Å². The van der Waals surface area contributed by atoms with Crippen LogP contribution in [0.3, 0.4) is 0 Å². The van der Waals surface area contributed by atoms with Crippen LogP contribution in [0.1, 0.15) is 24.1 Å². The number of anilines is 1. The lowest BCUT2D eigenvalue weighted by Crippen LogP contribution is -2.06. The van der Waals surface area contributed by atoms with Gasteiger partial charge in [-0.2, -0.15) is 0 Å². The molecule has 0 aliphatic carbocycles. The minimum Gasteiger partial charge on any atom is -0.379 e. The Morgan fingerprint density at radius 2 is 1.95 bits per heavy atom. The van der Waals surface area contributed by atoms with Crippen molar-refractivity contribution in [3.63, 3.8) is 0 Å². The molecule has 0 amide bonds. The molecule has 2 rings (SSSR count). The van der Waals surface area contributed by atoms with Gasteiger partial charge in [-0.1, -0.05) is 33.6 Å². The Kier molecular flexibility index (Phi) is 4.48. The molecule has 0 aliphatic rings. The molecule has 1 N–H and O–H groups in total. The Balaban J connectivity index is 2.17. The average molecular weight is 343 g/mol. The Hall–Kier alpha value is -1.06. The van der Waals surface area contributed by atoms with E-state index in [1.165, 1.54) is 6.07 Å². The fraction of sp³-hybridized carbons (Fsp3) is 0.200. The van der Waals surface area contributed by atoms with Crippen molar-refractivity contribution in [3.05, 3.63) is 62.8 Å². The number of nitrogens with one attached hydrogen (secondary N) is 1. The average Bonchev–Trinajstić information content (AvgIpc) is 2.37. The lowest BCUT2D eigenvalue weighted by molar-refractivity contribution is 0.627. The minimum atomic E-state index is -0.392. The van der Waals surface area contributed by atoms with Gasteiger partial charge in [-0.25, -0.2) is 4.39 Å². The molecule has 0 heterocycles. The van der Waals surface area contributed by atoms with Gasteiger partial charge >= 0.3 is 0 Å². The van der Waals surface area contributed by atoms with E-state index in [0.29, 0.717) is 0 Å². The van der Waals surface area contributed by atoms with Crippen molar-refractivity contribution in [2.75, 3.05) is 5.32 Å². The van der Waals surface area contributed by atoms with Crippen molar-refractivity contribution in [2.45, 2.75) is 19.9 Å². The third-order valence-corrected chi connectivity index (χ3v) is 4.16. The van der Waals surface area contributed by atoms with Crippen LogP contribution in [0.2, 0.25) is 5.02 Å². The minimum absolute atomic E-state index is 0.0543. The van der Waals surface area contributed by atoms with Gasteiger partial charge < -0.3 is 5.32 Å². The molecular weight excluding hydrogens is 329 g/mol. The van der Waals surface area contributed by atoms with Crippen LogP contribution in [-0.2, 0) is 0 Å². The summed E-state index contributed by atoms with van der Waals surface area (Å²) in [5, 5.41) is 3.52. The second kappa shape index (κ2) is 5.93. The molecule has 0 fully saturated rings. The topological polar surface area (TPSA) is 12.0 Å². The SMILES string of the molecule is Cc1cc(NC(C)c2ccc(F)c(Cl)c2)ccc1Br. The third-order valence-electron chi connectivity index (χ3n) is 2.98. The van der Waals surface area contributed by atoms with Gasteiger partial charge in [0.25, 0.3) is 0 Å². The van der Waals surface area contributed by atoms with Crippen LogP contribution in [0.15, 0.2) is 40.9 Å². The molecule has 0 aliphatic heterocycles. The van der Waals surface area contributed by atoms with Gasteiger partial charge in [0.2, 0.25) is 0 Å². The quantitative estimate of drug-likeness (QED) is 0.752. The van der Waals surface area contributed by atoms with Crippen LogP contribution < -0.4 is 5.32 Å². The zero-order chi connectivity index (χ0) is 14.0. The number of hydrogen-bond acceptors (Lipinski definition) is 1. The van der Waals surface area contributed by atoms with Gasteiger partial charge in [0.05, 0.1) is 5.02 Å². The number of rotatable bonds is 3. The molecular formula is C15H14BrClFN. The number of hydrogen-bond donors (Lipinski definition) is 1. The van der Waals surface area contributed by atoms with Crippen molar-refractivity contribution in [1.82, 2.24) is 0 Å². The summed E-state index contributed by atoms with van der Waals surface area (Å²) in [5.74, 6) is -0.392. The fourth-order valence-electron chi connectivity index (χ4n) is 1.85. The Bertz CT molecular complexity index is 601. The molecule has 100 valence electrons. The van der Waals surface area contributed by atoms with Crippen LogP contribution in [0, 0.1) is 12.7 Å². The van der Waals surface area contributed by atoms with Gasteiger partial charge in [-0.3, -0.25) is 0 Å². The molecule has 0 aromatic heterocycles. The van der Waals surface area contributed by atoms with Crippen LogP contribution in [0.4, 0.5) is 10.1 Å². The van der Waals surface area contributed by atoms with Crippen molar-refractivity contribution in [3.8, 4) is 0 Å². The van der Waals surface area contributed by atoms with Gasteiger partial charge in [-0.15, -0.1) is 0 Å². The van der Waals surface area contributed by atoms with Gasteiger partial charge in [0, 0.05) is 16.2 Å². The lowest BCUT2D eigenvalue weighted by atomic mass is 10.1. The van der Waals surface area contributed by atoms with Crippen molar-refractivity contribution in [2.24, 2.45) is 0 Å². The summed E-state index contributed by atoms with van der Waals surface area (Å²) >= 11 is 9.27. The van der Waals surface area contributed by atoms with Crippen LogP contribution >= 0.6 is 27.5 Å². The second-order valence-electron chi connectivity index (χ2n) is 4.50. The van der Waals surface area contributed by atoms with Crippen LogP contribution in [0.25, 0.3) is 0 Å². The molecule has 0 saturated heterocycles. The maximum Gasteiger partial charge on any atom is 0.141 e. The van der Waals surface area contributed by atoms with Crippen LogP contribution in [-0.4, -0.2) is 0 Å². The standard InChI is InChI=1S/C15H14BrClFN/c1-9-7-12(4-5-13(9)16)19-10(2)11-3-6-15(18)14(17)8-11/h3-8,10,19H,1-2H3. The van der Waals surface area contributed by atoms with Gasteiger partial charge in [0.15, 0.2) is 0 Å². The zero-order valence-electron chi connectivity index (χ0n) is 10.7. The first-order chi connectivity index (χ1) is 8.97. The molecule has 0 spiro atoms. The maximum absolute atomic E-state index is 13.1. The molecule has 4 heteroatoms. The van der Waals surface area contributed by atoms with Crippen molar-refractivity contribution < 1.29 is 4.39 Å². The van der Waals surface area contributed by atoms with Crippen molar-refractivity contribution >= 4 is 33.2 Å². The van der Waals surface area contributed by atoms with E-state index in [0.717, 1.165) is 21.3 Å². The Morgan fingerprint density at radius 3 is 2.58 bits per heavy atom. The van der Waals surface area contributed by atoms with Crippen LogP contribution in [0.5, 0.6) is 0 Å². The molecule has 2 aromatic carbocycles. The summed E-state index contributed by atoms with van der Waals surface area (Å²) in [6.07, 6.45) is 0. The molecule has 2 aromatic rings. The van der Waals surface area contributed by atoms with E-state index in [-0.39, 0.29) is 11.1 Å². The lowest BCUT2D eigenvalue weighted by Gasteiger charge is -2.17. The highest BCUT2D eigenvalue weighted by atomic mass is 79.9. The maximum atomic E-state index is 13.1. The second-order valence-corrected chi connectivity index (χ2v) is 5.77. The molecule has 1 nitrogen and oxygen atoms in total. The van der Waals surface area contributed by atoms with E-state index in [1.54, 1.807) is 12.1 Å². The summed E-state index contributed by atoms with van der Waals surface area (Å²) < 4.78 is 14.2. The first-order valence-corrected chi connectivity index (χ1v) is 7.12. The monoisotopic (exact) mass is 341 g/mol. The fourth-order valence-corrected chi connectivity index (χ4v) is 2.29. The largest absolute Gasteiger partial charge is 0.379 e. The predicted octanol–water partition coefficient (Wildman–Crippen LogP) is 5.72. The summed E-state index contributed by atoms with van der Waals surface area (Å²) in [7, 11) is 0. The molecule has 1 unspecified atom stereocenters. The summed E-state index contributed by atoms with van der Waals surface area (Å²) in [6, 6.07) is 10.9. The Labute approximate surface area is 125 Å². The summed E-state index contributed by atoms with van der Waals surface area (Å²) in [6.45, 7) is 4.05. The van der Waals surface area contributed by atoms with Gasteiger partial charge in [-0.05, 0) is 55.3 Å². The summed E-state index contributed by atoms with van der Waals surface area (Å²) in [5.41, 5.74) is 3.13. The third kappa shape index (κ3) is 3.48. The van der Waals surface area contributed by atoms with E-state index in [9.17, 15) is 4.39 Å². The molecule has 1 atom stereocenters. The normalized spacial score (nSPS) is 12.3. The summed E-state index contributed by atoms with van der Waals surface area (Å²) in [4.78, 5) is 0.